The van der Waals surface area contributed by atoms with E-state index in [2.05, 4.69) is 5.32 Å². The predicted octanol–water partition coefficient (Wildman–Crippen LogP) is 2.22. The summed E-state index contributed by atoms with van der Waals surface area (Å²) >= 11 is 0. The topological polar surface area (TPSA) is 106 Å². The Balaban J connectivity index is 1.76. The van der Waals surface area contributed by atoms with Gasteiger partial charge in [0.2, 0.25) is 0 Å². The van der Waals surface area contributed by atoms with Crippen LogP contribution in [0.2, 0.25) is 0 Å². The number of furan rings is 1. The molecule has 7 nitrogen and oxygen atoms in total. The van der Waals surface area contributed by atoms with E-state index in [0.717, 1.165) is 5.56 Å². The van der Waals surface area contributed by atoms with E-state index in [1.54, 1.807) is 12.1 Å². The first-order chi connectivity index (χ1) is 10.1. The molecule has 0 aliphatic rings. The molecule has 2 aromatic rings. The van der Waals surface area contributed by atoms with Gasteiger partial charge in [0, 0.05) is 12.1 Å². The van der Waals surface area contributed by atoms with Gasteiger partial charge in [0.25, 0.3) is 5.69 Å². The van der Waals surface area contributed by atoms with Crippen molar-refractivity contribution in [3.63, 3.8) is 0 Å². The summed E-state index contributed by atoms with van der Waals surface area (Å²) in [5.41, 5.74) is 1.18. The molecule has 0 aliphatic heterocycles. The molecule has 0 saturated carbocycles. The van der Waals surface area contributed by atoms with E-state index in [1.807, 2.05) is 0 Å². The number of hydrogen-bond donors (Lipinski definition) is 2. The maximum atomic E-state index is 10.7. The fraction of sp³-hybridized carbons (Fsp3) is 0.214. The van der Waals surface area contributed by atoms with E-state index in [-0.39, 0.29) is 11.3 Å². The van der Waals surface area contributed by atoms with Crippen LogP contribution in [0.15, 0.2) is 41.0 Å². The molecule has 21 heavy (non-hydrogen) atoms. The van der Waals surface area contributed by atoms with Gasteiger partial charge in [0.1, 0.15) is 12.0 Å². The van der Waals surface area contributed by atoms with E-state index < -0.39 is 10.9 Å². The second kappa shape index (κ2) is 6.67. The maximum Gasteiger partial charge on any atom is 0.338 e. The molecule has 1 heterocycles. The average Bonchev–Trinajstić information content (AvgIpc) is 2.93. The average molecular weight is 290 g/mol. The highest BCUT2D eigenvalue weighted by atomic mass is 16.6. The SMILES string of the molecule is O=C(O)c1coc(CNCCc2ccc([N+](=O)[O-])cc2)c1. The van der Waals surface area contributed by atoms with Crippen molar-refractivity contribution in [1.82, 2.24) is 5.32 Å². The summed E-state index contributed by atoms with van der Waals surface area (Å²) in [6.07, 6.45) is 1.92. The Morgan fingerprint density at radius 1 is 1.33 bits per heavy atom. The quantitative estimate of drug-likeness (QED) is 0.460. The number of non-ortho nitro benzene ring substituents is 1. The number of carbonyl (C=O) groups is 1. The Hall–Kier alpha value is -2.67. The van der Waals surface area contributed by atoms with Gasteiger partial charge in [0.05, 0.1) is 17.0 Å². The minimum Gasteiger partial charge on any atom is -0.478 e. The van der Waals surface area contributed by atoms with E-state index in [1.165, 1.54) is 24.5 Å². The molecule has 1 aromatic carbocycles. The molecule has 0 radical (unpaired) electrons. The highest BCUT2D eigenvalue weighted by Gasteiger charge is 2.07. The fourth-order valence-corrected chi connectivity index (χ4v) is 1.81. The molecule has 0 atom stereocenters. The molecule has 0 saturated heterocycles. The lowest BCUT2D eigenvalue weighted by molar-refractivity contribution is -0.384. The molecule has 0 aliphatic carbocycles. The number of nitro benzene ring substituents is 1. The third-order valence-corrected chi connectivity index (χ3v) is 2.94. The van der Waals surface area contributed by atoms with E-state index in [9.17, 15) is 14.9 Å². The van der Waals surface area contributed by atoms with Crippen LogP contribution in [0.4, 0.5) is 5.69 Å². The van der Waals surface area contributed by atoms with Gasteiger partial charge in [-0.05, 0) is 24.6 Å². The number of carboxylic acids is 1. The highest BCUT2D eigenvalue weighted by molar-refractivity contribution is 5.87. The number of benzene rings is 1. The molecule has 7 heteroatoms. The van der Waals surface area contributed by atoms with Gasteiger partial charge in [0.15, 0.2) is 0 Å². The maximum absolute atomic E-state index is 10.7. The molecule has 0 amide bonds. The van der Waals surface area contributed by atoms with Crippen molar-refractivity contribution in [3.8, 4) is 0 Å². The minimum absolute atomic E-state index is 0.0727. The van der Waals surface area contributed by atoms with E-state index in [0.29, 0.717) is 25.3 Å². The summed E-state index contributed by atoms with van der Waals surface area (Å²) in [6.45, 7) is 1.08. The van der Waals surface area contributed by atoms with Crippen LogP contribution in [0.25, 0.3) is 0 Å². The monoisotopic (exact) mass is 290 g/mol. The van der Waals surface area contributed by atoms with Crippen molar-refractivity contribution >= 4 is 11.7 Å². The number of aromatic carboxylic acids is 1. The van der Waals surface area contributed by atoms with Crippen molar-refractivity contribution < 1.29 is 19.2 Å². The van der Waals surface area contributed by atoms with Gasteiger partial charge >= 0.3 is 5.97 Å². The smallest absolute Gasteiger partial charge is 0.338 e. The predicted molar refractivity (Wildman–Crippen MR) is 74.2 cm³/mol. The van der Waals surface area contributed by atoms with Gasteiger partial charge in [-0.3, -0.25) is 10.1 Å². The third-order valence-electron chi connectivity index (χ3n) is 2.94. The molecular formula is C14H14N2O5. The van der Waals surface area contributed by atoms with Crippen LogP contribution in [0.1, 0.15) is 21.7 Å². The van der Waals surface area contributed by atoms with Crippen LogP contribution in [-0.4, -0.2) is 22.5 Å². The van der Waals surface area contributed by atoms with Crippen molar-refractivity contribution in [2.75, 3.05) is 6.54 Å². The second-order valence-electron chi connectivity index (χ2n) is 4.46. The van der Waals surface area contributed by atoms with Crippen LogP contribution in [0.3, 0.4) is 0 Å². The first-order valence-corrected chi connectivity index (χ1v) is 6.31. The van der Waals surface area contributed by atoms with Gasteiger partial charge in [-0.2, -0.15) is 0 Å². The number of nitrogens with zero attached hydrogens (tertiary/aromatic N) is 1. The van der Waals surface area contributed by atoms with Gasteiger partial charge in [-0.1, -0.05) is 12.1 Å². The number of hydrogen-bond acceptors (Lipinski definition) is 5. The standard InChI is InChI=1S/C14H14N2O5/c17-14(18)11-7-13(21-9-11)8-15-6-5-10-1-3-12(4-2-10)16(19)20/h1-4,7,9,15H,5-6,8H2,(H,17,18). The lowest BCUT2D eigenvalue weighted by atomic mass is 10.1. The van der Waals surface area contributed by atoms with Gasteiger partial charge < -0.3 is 14.8 Å². The van der Waals surface area contributed by atoms with Crippen molar-refractivity contribution in [1.29, 1.82) is 0 Å². The first kappa shape index (κ1) is 14.7. The summed E-state index contributed by atoms with van der Waals surface area (Å²) in [7, 11) is 0. The van der Waals surface area contributed by atoms with Crippen molar-refractivity contribution in [2.45, 2.75) is 13.0 Å². The number of nitrogens with one attached hydrogen (secondary N) is 1. The highest BCUT2D eigenvalue weighted by Crippen LogP contribution is 2.12. The molecule has 1 aromatic heterocycles. The molecular weight excluding hydrogens is 276 g/mol. The third kappa shape index (κ3) is 4.15. The molecule has 2 N–H and O–H groups in total. The van der Waals surface area contributed by atoms with Crippen LogP contribution >= 0.6 is 0 Å². The normalized spacial score (nSPS) is 10.5. The van der Waals surface area contributed by atoms with Crippen molar-refractivity contribution in [3.05, 3.63) is 63.6 Å². The number of nitro groups is 1. The lowest BCUT2D eigenvalue weighted by Gasteiger charge is -2.03. The minimum atomic E-state index is -1.02. The molecule has 0 bridgehead atoms. The Morgan fingerprint density at radius 2 is 2.05 bits per heavy atom. The van der Waals surface area contributed by atoms with E-state index in [4.69, 9.17) is 9.52 Å². The summed E-state index contributed by atoms with van der Waals surface area (Å²) in [6, 6.07) is 7.85. The molecule has 2 rings (SSSR count). The molecule has 0 spiro atoms. The second-order valence-corrected chi connectivity index (χ2v) is 4.46. The summed E-state index contributed by atoms with van der Waals surface area (Å²) in [4.78, 5) is 20.8. The zero-order valence-corrected chi connectivity index (χ0v) is 11.1. The number of rotatable bonds is 7. The Kier molecular flexibility index (Phi) is 4.68. The zero-order chi connectivity index (χ0) is 15.2. The Bertz CT molecular complexity index is 633. The lowest BCUT2D eigenvalue weighted by Crippen LogP contribution is -2.16. The van der Waals surface area contributed by atoms with Crippen LogP contribution < -0.4 is 5.32 Å². The fourth-order valence-electron chi connectivity index (χ4n) is 1.81. The summed E-state index contributed by atoms with van der Waals surface area (Å²) in [5, 5.41) is 22.4. The van der Waals surface area contributed by atoms with Crippen LogP contribution in [0.5, 0.6) is 0 Å². The van der Waals surface area contributed by atoms with Crippen LogP contribution in [-0.2, 0) is 13.0 Å². The van der Waals surface area contributed by atoms with Crippen LogP contribution in [0, 0.1) is 10.1 Å². The summed E-state index contributed by atoms with van der Waals surface area (Å²) in [5.74, 6) is -0.466. The molecule has 0 fully saturated rings. The van der Waals surface area contributed by atoms with Gasteiger partial charge in [-0.15, -0.1) is 0 Å². The summed E-state index contributed by atoms with van der Waals surface area (Å²) < 4.78 is 5.10. The molecule has 110 valence electrons. The Morgan fingerprint density at radius 3 is 2.62 bits per heavy atom. The number of carboxylic acid groups (broad SMARTS) is 1. The zero-order valence-electron chi connectivity index (χ0n) is 11.1. The largest absolute Gasteiger partial charge is 0.478 e. The van der Waals surface area contributed by atoms with E-state index >= 15 is 0 Å². The first-order valence-electron chi connectivity index (χ1n) is 6.31. The molecule has 0 unspecified atom stereocenters. The van der Waals surface area contributed by atoms with Gasteiger partial charge in [-0.25, -0.2) is 4.79 Å². The van der Waals surface area contributed by atoms with Crippen molar-refractivity contribution in [2.24, 2.45) is 0 Å². The Labute approximate surface area is 120 Å².